The third-order valence-corrected chi connectivity index (χ3v) is 5.93. The number of aryl methyl sites for hydroxylation is 1. The molecule has 3 aromatic rings. The third-order valence-electron chi connectivity index (χ3n) is 5.93. The zero-order valence-electron chi connectivity index (χ0n) is 17.2. The molecule has 7 heteroatoms. The largest absolute Gasteiger partial charge is 0.338 e. The van der Waals surface area contributed by atoms with Crippen LogP contribution < -0.4 is 15.5 Å². The molecule has 0 bridgehead atoms. The smallest absolute Gasteiger partial charge is 0.250 e. The molecule has 1 saturated carbocycles. The fraction of sp³-hybridized carbons (Fsp3) is 0.208. The number of nitrogens with zero attached hydrogens (tertiary/aromatic N) is 3. The normalized spacial score (nSPS) is 15.5. The van der Waals surface area contributed by atoms with E-state index in [9.17, 15) is 9.18 Å². The van der Waals surface area contributed by atoms with Crippen LogP contribution in [-0.4, -0.2) is 22.4 Å². The molecule has 0 unspecified atom stereocenters. The number of halogens is 1. The predicted molar refractivity (Wildman–Crippen MR) is 120 cm³/mol. The first-order valence-corrected chi connectivity index (χ1v) is 10.2. The summed E-state index contributed by atoms with van der Waals surface area (Å²) in [5.74, 6) is -0.341. The van der Waals surface area contributed by atoms with Gasteiger partial charge in [0.2, 0.25) is 11.9 Å². The van der Waals surface area contributed by atoms with Crippen LogP contribution in [0.25, 0.3) is 0 Å². The predicted octanol–water partition coefficient (Wildman–Crippen LogP) is 4.98. The number of amides is 1. The quantitative estimate of drug-likeness (QED) is 0.576. The first kappa shape index (κ1) is 19.2. The van der Waals surface area contributed by atoms with Crippen LogP contribution in [0.3, 0.4) is 0 Å². The number of hydrogen-bond donors (Lipinski definition) is 2. The van der Waals surface area contributed by atoms with Gasteiger partial charge in [-0.3, -0.25) is 4.79 Å². The zero-order valence-corrected chi connectivity index (χ0v) is 17.2. The molecule has 0 saturated heterocycles. The van der Waals surface area contributed by atoms with Crippen LogP contribution in [0.15, 0.2) is 61.3 Å². The summed E-state index contributed by atoms with van der Waals surface area (Å²) in [6.07, 6.45) is 4.61. The molecule has 156 valence electrons. The van der Waals surface area contributed by atoms with E-state index in [1.54, 1.807) is 4.90 Å². The molecule has 1 aliphatic heterocycles. The Morgan fingerprint density at radius 2 is 1.90 bits per heavy atom. The van der Waals surface area contributed by atoms with Crippen molar-refractivity contribution in [1.29, 1.82) is 0 Å². The van der Waals surface area contributed by atoms with E-state index in [4.69, 9.17) is 0 Å². The molecule has 2 heterocycles. The van der Waals surface area contributed by atoms with Crippen LogP contribution in [0.1, 0.15) is 24.0 Å². The van der Waals surface area contributed by atoms with Gasteiger partial charge in [0.05, 0.1) is 6.20 Å². The van der Waals surface area contributed by atoms with Crippen LogP contribution in [-0.2, 0) is 10.2 Å². The average molecular weight is 415 g/mol. The summed E-state index contributed by atoms with van der Waals surface area (Å²) >= 11 is 0. The van der Waals surface area contributed by atoms with Gasteiger partial charge in [0, 0.05) is 29.0 Å². The number of hydrogen-bond acceptors (Lipinski definition) is 5. The SMILES string of the molecule is C=CC(=O)N1CC2(CC2)c2ccc(Nc3nc(Nc4ccc(C)cc4)ncc3F)cc21. The second-order valence-corrected chi connectivity index (χ2v) is 8.15. The van der Waals surface area contributed by atoms with Crippen molar-refractivity contribution in [1.82, 2.24) is 9.97 Å². The molecule has 0 atom stereocenters. The highest BCUT2D eigenvalue weighted by Gasteiger charge is 2.52. The first-order chi connectivity index (χ1) is 15.0. The second kappa shape index (κ2) is 7.19. The maximum absolute atomic E-state index is 14.4. The summed E-state index contributed by atoms with van der Waals surface area (Å²) in [4.78, 5) is 22.4. The summed E-state index contributed by atoms with van der Waals surface area (Å²) in [6, 6.07) is 13.6. The van der Waals surface area contributed by atoms with E-state index in [0.29, 0.717) is 12.2 Å². The van der Waals surface area contributed by atoms with E-state index in [-0.39, 0.29) is 23.1 Å². The fourth-order valence-electron chi connectivity index (χ4n) is 4.06. The van der Waals surface area contributed by atoms with Crippen LogP contribution in [0.4, 0.5) is 33.2 Å². The van der Waals surface area contributed by atoms with Crippen molar-refractivity contribution in [3.05, 3.63) is 78.3 Å². The van der Waals surface area contributed by atoms with E-state index in [1.165, 1.54) is 6.08 Å². The molecule has 6 nitrogen and oxygen atoms in total. The molecule has 1 spiro atoms. The zero-order chi connectivity index (χ0) is 21.6. The molecular formula is C24H22FN5O. The van der Waals surface area contributed by atoms with Crippen LogP contribution in [0, 0.1) is 12.7 Å². The molecule has 31 heavy (non-hydrogen) atoms. The topological polar surface area (TPSA) is 70.2 Å². The molecular weight excluding hydrogens is 393 g/mol. The summed E-state index contributed by atoms with van der Waals surface area (Å²) in [5.41, 5.74) is 4.68. The molecule has 2 aliphatic rings. The maximum atomic E-state index is 14.4. The standard InChI is InChI=1S/C24H22FN5O/c1-3-21(31)30-14-24(10-11-24)18-9-8-17(12-20(18)30)27-22-19(25)13-26-23(29-22)28-16-6-4-15(2)5-7-16/h3-9,12-13H,1,10-11,14H2,2H3,(H2,26,27,28,29). The lowest BCUT2D eigenvalue weighted by molar-refractivity contribution is -0.114. The Bertz CT molecular complexity index is 1190. The monoisotopic (exact) mass is 415 g/mol. The highest BCUT2D eigenvalue weighted by atomic mass is 19.1. The van der Waals surface area contributed by atoms with Gasteiger partial charge in [-0.1, -0.05) is 30.3 Å². The van der Waals surface area contributed by atoms with Gasteiger partial charge < -0.3 is 15.5 Å². The number of carbonyl (C=O) groups excluding carboxylic acids is 1. The molecule has 0 radical (unpaired) electrons. The number of carbonyl (C=O) groups is 1. The molecule has 2 N–H and O–H groups in total. The van der Waals surface area contributed by atoms with E-state index in [1.807, 2.05) is 49.4 Å². The van der Waals surface area contributed by atoms with Crippen molar-refractivity contribution in [3.8, 4) is 0 Å². The van der Waals surface area contributed by atoms with E-state index < -0.39 is 5.82 Å². The van der Waals surface area contributed by atoms with Crippen molar-refractivity contribution in [3.63, 3.8) is 0 Å². The number of benzene rings is 2. The Labute approximate surface area is 179 Å². The van der Waals surface area contributed by atoms with Gasteiger partial charge in [0.1, 0.15) is 0 Å². The fourth-order valence-corrected chi connectivity index (χ4v) is 4.06. The lowest BCUT2D eigenvalue weighted by Gasteiger charge is -2.16. The van der Waals surface area contributed by atoms with Gasteiger partial charge in [0.25, 0.3) is 0 Å². The Hall–Kier alpha value is -3.74. The lowest BCUT2D eigenvalue weighted by Crippen LogP contribution is -2.29. The van der Waals surface area contributed by atoms with E-state index in [2.05, 4.69) is 27.2 Å². The van der Waals surface area contributed by atoms with Crippen molar-refractivity contribution in [2.75, 3.05) is 22.1 Å². The minimum absolute atomic E-state index is 0.0605. The summed E-state index contributed by atoms with van der Waals surface area (Å²) in [5, 5.41) is 6.11. The molecule has 1 fully saturated rings. The van der Waals surface area contributed by atoms with Gasteiger partial charge in [-0.15, -0.1) is 0 Å². The Morgan fingerprint density at radius 1 is 1.16 bits per heavy atom. The Morgan fingerprint density at radius 3 is 2.61 bits per heavy atom. The maximum Gasteiger partial charge on any atom is 0.250 e. The van der Waals surface area contributed by atoms with Crippen LogP contribution in [0.2, 0.25) is 0 Å². The van der Waals surface area contributed by atoms with Crippen LogP contribution >= 0.6 is 0 Å². The summed E-state index contributed by atoms with van der Waals surface area (Å²) in [7, 11) is 0. The lowest BCUT2D eigenvalue weighted by atomic mass is 9.98. The highest BCUT2D eigenvalue weighted by Crippen LogP contribution is 2.57. The minimum atomic E-state index is -0.562. The van der Waals surface area contributed by atoms with E-state index >= 15 is 0 Å². The molecule has 1 amide bonds. The van der Waals surface area contributed by atoms with Crippen molar-refractivity contribution in [2.45, 2.75) is 25.2 Å². The van der Waals surface area contributed by atoms with Gasteiger partial charge in [-0.25, -0.2) is 9.37 Å². The summed E-state index contributed by atoms with van der Waals surface area (Å²) < 4.78 is 14.4. The summed E-state index contributed by atoms with van der Waals surface area (Å²) in [6.45, 7) is 6.29. The molecule has 2 aromatic carbocycles. The van der Waals surface area contributed by atoms with Crippen molar-refractivity contribution in [2.24, 2.45) is 0 Å². The molecule has 5 rings (SSSR count). The second-order valence-electron chi connectivity index (χ2n) is 8.15. The average Bonchev–Trinajstić information content (AvgIpc) is 3.48. The van der Waals surface area contributed by atoms with Gasteiger partial charge in [-0.2, -0.15) is 4.98 Å². The van der Waals surface area contributed by atoms with Gasteiger partial charge in [0.15, 0.2) is 11.6 Å². The van der Waals surface area contributed by atoms with Crippen molar-refractivity contribution >= 4 is 34.7 Å². The van der Waals surface area contributed by atoms with E-state index in [0.717, 1.165) is 41.5 Å². The van der Waals surface area contributed by atoms with Crippen LogP contribution in [0.5, 0.6) is 0 Å². The number of anilines is 5. The number of aromatic nitrogens is 2. The highest BCUT2D eigenvalue weighted by molar-refractivity contribution is 6.03. The minimum Gasteiger partial charge on any atom is -0.338 e. The third kappa shape index (κ3) is 3.52. The van der Waals surface area contributed by atoms with Gasteiger partial charge in [-0.05, 0) is 55.7 Å². The molecule has 1 aromatic heterocycles. The number of nitrogens with one attached hydrogen (secondary N) is 2. The van der Waals surface area contributed by atoms with Crippen molar-refractivity contribution < 1.29 is 9.18 Å². The molecule has 1 aliphatic carbocycles. The Kier molecular flexibility index (Phi) is 4.46. The first-order valence-electron chi connectivity index (χ1n) is 10.2. The Balaban J connectivity index is 1.42. The number of fused-ring (bicyclic) bond motifs is 2. The number of rotatable bonds is 5. The van der Waals surface area contributed by atoms with Gasteiger partial charge >= 0.3 is 0 Å².